The van der Waals surface area contributed by atoms with Crippen molar-refractivity contribution in [1.29, 1.82) is 10.5 Å². The molecule has 0 radical (unpaired) electrons. The van der Waals surface area contributed by atoms with Gasteiger partial charge in [-0.05, 0) is 51.6 Å². The molecule has 41 heavy (non-hydrogen) atoms. The van der Waals surface area contributed by atoms with E-state index >= 15 is 0 Å². The zero-order chi connectivity index (χ0) is 30.6. The molecule has 1 saturated heterocycles. The molecule has 0 saturated carbocycles. The summed E-state index contributed by atoms with van der Waals surface area (Å²) in [6.45, 7) is 1.67. The Morgan fingerprint density at radius 2 is 1.63 bits per heavy atom. The van der Waals surface area contributed by atoms with E-state index in [1.807, 2.05) is 12.1 Å². The van der Waals surface area contributed by atoms with Crippen molar-refractivity contribution >= 4 is 24.4 Å². The Bertz CT molecular complexity index is 1480. The lowest BCUT2D eigenvalue weighted by atomic mass is 10.1. The average molecular weight is 607 g/mol. The van der Waals surface area contributed by atoms with E-state index in [-0.39, 0.29) is 18.4 Å². The molecule has 15 heteroatoms. The van der Waals surface area contributed by atoms with E-state index in [0.717, 1.165) is 16.8 Å². The lowest BCUT2D eigenvalue weighted by Gasteiger charge is -2.37. The molecule has 220 valence electrons. The van der Waals surface area contributed by atoms with Crippen LogP contribution in [-0.4, -0.2) is 61.4 Å². The van der Waals surface area contributed by atoms with Gasteiger partial charge >= 0.3 is 12.4 Å². The first kappa shape index (κ1) is 32.5. The van der Waals surface area contributed by atoms with Crippen LogP contribution in [0.15, 0.2) is 52.2 Å². The summed E-state index contributed by atoms with van der Waals surface area (Å²) in [5, 5.41) is 39.4. The molecule has 1 aromatic carbocycles. The SMILES string of the molecule is CC(C)(CC#N)OP(=S)(O[C@@H]1[C@H](O)[C@@H](CO)O[C@H]1n1ccc(=O)n(C(=O)c2ccccc2)c1=O)OC(C)(C)CC#N. The average Bonchev–Trinajstić information content (AvgIpc) is 3.17. The quantitative estimate of drug-likeness (QED) is 0.355. The molecule has 2 heterocycles. The molecule has 13 nitrogen and oxygen atoms in total. The van der Waals surface area contributed by atoms with E-state index in [0.29, 0.717) is 4.57 Å². The molecule has 0 spiro atoms. The van der Waals surface area contributed by atoms with E-state index in [1.165, 1.54) is 12.1 Å². The molecule has 1 aromatic heterocycles. The van der Waals surface area contributed by atoms with Crippen LogP contribution in [0.4, 0.5) is 0 Å². The lowest BCUT2D eigenvalue weighted by Crippen LogP contribution is -2.46. The highest BCUT2D eigenvalue weighted by molar-refractivity contribution is 8.07. The maximum Gasteiger partial charge on any atom is 0.340 e. The summed E-state index contributed by atoms with van der Waals surface area (Å²) in [7, 11) is 0. The molecular formula is C26H31N4O9PS. The first-order valence-corrected chi connectivity index (χ1v) is 15.1. The number of carbonyl (C=O) groups is 1. The topological polar surface area (TPSA) is 186 Å². The molecule has 2 N–H and O–H groups in total. The summed E-state index contributed by atoms with van der Waals surface area (Å²) < 4.78 is 25.1. The first-order chi connectivity index (χ1) is 19.2. The standard InChI is InChI=1S/C26H31N4O9PS/c1-25(2,11-13-27)38-40(41,39-26(3,4)12-14-28)37-21-20(33)18(16-31)36-23(21)29-15-10-19(32)30(24(29)35)22(34)17-8-6-5-7-9-17/h5-10,15,18,20-21,23,31,33H,11-12,16H2,1-4H3/t18-,20-,21-,23-/m1/s1. The Morgan fingerprint density at radius 1 is 1.07 bits per heavy atom. The van der Waals surface area contributed by atoms with Crippen molar-refractivity contribution in [2.45, 2.75) is 76.3 Å². The molecule has 3 rings (SSSR count). The number of nitrogens with zero attached hydrogens (tertiary/aromatic N) is 4. The van der Waals surface area contributed by atoms with Gasteiger partial charge in [0.05, 0.1) is 42.8 Å². The van der Waals surface area contributed by atoms with Crippen LogP contribution in [0.25, 0.3) is 0 Å². The third kappa shape index (κ3) is 7.63. The second-order valence-electron chi connectivity index (χ2n) is 10.5. The number of aliphatic hydroxyl groups is 2. The highest BCUT2D eigenvalue weighted by Gasteiger charge is 2.50. The van der Waals surface area contributed by atoms with E-state index in [4.69, 9.17) is 30.1 Å². The first-order valence-electron chi connectivity index (χ1n) is 12.5. The summed E-state index contributed by atoms with van der Waals surface area (Å²) in [4.78, 5) is 39.2. The van der Waals surface area contributed by atoms with Crippen LogP contribution >= 0.6 is 6.72 Å². The fourth-order valence-corrected chi connectivity index (χ4v) is 7.55. The Hall–Kier alpha value is -3.04. The summed E-state index contributed by atoms with van der Waals surface area (Å²) in [6, 6.07) is 12.6. The van der Waals surface area contributed by atoms with Crippen molar-refractivity contribution in [1.82, 2.24) is 9.13 Å². The smallest absolute Gasteiger partial charge is 0.340 e. The number of carbonyl (C=O) groups excluding carboxylic acids is 1. The Balaban J connectivity index is 2.10. The number of hydrogen-bond acceptors (Lipinski definition) is 12. The lowest BCUT2D eigenvalue weighted by molar-refractivity contribution is -0.0602. The fourth-order valence-electron chi connectivity index (χ4n) is 4.05. The Labute approximate surface area is 241 Å². The Kier molecular flexibility index (Phi) is 10.2. The highest BCUT2D eigenvalue weighted by atomic mass is 32.5. The number of rotatable bonds is 11. The molecule has 1 fully saturated rings. The number of aromatic nitrogens is 2. The summed E-state index contributed by atoms with van der Waals surface area (Å²) in [5.41, 5.74) is -4.29. The zero-order valence-electron chi connectivity index (χ0n) is 22.9. The van der Waals surface area contributed by atoms with Crippen LogP contribution in [0.1, 0.15) is 57.1 Å². The van der Waals surface area contributed by atoms with Crippen LogP contribution in [0.5, 0.6) is 0 Å². The van der Waals surface area contributed by atoms with Gasteiger partial charge in [0.25, 0.3) is 11.5 Å². The number of aliphatic hydroxyl groups excluding tert-OH is 2. The fraction of sp³-hybridized carbons (Fsp3) is 0.500. The molecule has 0 amide bonds. The van der Waals surface area contributed by atoms with Crippen LogP contribution in [-0.2, 0) is 30.1 Å². The monoisotopic (exact) mass is 606 g/mol. The van der Waals surface area contributed by atoms with Gasteiger partial charge in [-0.25, -0.2) is 4.79 Å². The second-order valence-corrected chi connectivity index (χ2v) is 13.3. The van der Waals surface area contributed by atoms with Gasteiger partial charge in [0.2, 0.25) is 0 Å². The van der Waals surface area contributed by atoms with Crippen molar-refractivity contribution in [2.24, 2.45) is 0 Å². The molecule has 0 unspecified atom stereocenters. The predicted molar refractivity (Wildman–Crippen MR) is 148 cm³/mol. The van der Waals surface area contributed by atoms with E-state index in [2.05, 4.69) is 0 Å². The van der Waals surface area contributed by atoms with Crippen molar-refractivity contribution in [2.75, 3.05) is 6.61 Å². The number of ether oxygens (including phenoxy) is 1. The van der Waals surface area contributed by atoms with E-state index in [9.17, 15) is 35.1 Å². The van der Waals surface area contributed by atoms with Crippen molar-refractivity contribution in [3.8, 4) is 12.1 Å². The third-order valence-corrected chi connectivity index (χ3v) is 8.62. The minimum absolute atomic E-state index is 0.0783. The third-order valence-electron chi connectivity index (χ3n) is 5.98. The number of nitriles is 2. The summed E-state index contributed by atoms with van der Waals surface area (Å²) in [6.07, 6.45) is -5.01. The molecule has 1 aliphatic heterocycles. The van der Waals surface area contributed by atoms with Crippen LogP contribution in [0.3, 0.4) is 0 Å². The number of hydrogen-bond donors (Lipinski definition) is 2. The molecule has 2 aromatic rings. The maximum atomic E-state index is 13.5. The van der Waals surface area contributed by atoms with Crippen LogP contribution < -0.4 is 11.2 Å². The maximum absolute atomic E-state index is 13.5. The molecule has 0 aliphatic carbocycles. The minimum Gasteiger partial charge on any atom is -0.394 e. The van der Waals surface area contributed by atoms with Gasteiger partial charge < -0.3 is 24.0 Å². The van der Waals surface area contributed by atoms with Gasteiger partial charge in [-0.15, -0.1) is 0 Å². The van der Waals surface area contributed by atoms with Crippen molar-refractivity contribution < 1.29 is 33.3 Å². The summed E-state index contributed by atoms with van der Waals surface area (Å²) >= 11 is 5.68. The second kappa shape index (κ2) is 12.9. The highest BCUT2D eigenvalue weighted by Crippen LogP contribution is 2.59. The van der Waals surface area contributed by atoms with Gasteiger partial charge in [-0.3, -0.25) is 18.7 Å². The molecule has 4 atom stereocenters. The summed E-state index contributed by atoms with van der Waals surface area (Å²) in [5.74, 6) is -0.891. The van der Waals surface area contributed by atoms with Gasteiger partial charge in [0.1, 0.15) is 18.3 Å². The van der Waals surface area contributed by atoms with Gasteiger partial charge in [-0.1, -0.05) is 18.2 Å². The van der Waals surface area contributed by atoms with E-state index < -0.39 is 66.2 Å². The Morgan fingerprint density at radius 3 is 2.15 bits per heavy atom. The number of benzene rings is 1. The molecule has 1 aliphatic rings. The van der Waals surface area contributed by atoms with Gasteiger partial charge in [0.15, 0.2) is 6.23 Å². The van der Waals surface area contributed by atoms with Crippen molar-refractivity contribution in [3.63, 3.8) is 0 Å². The normalized spacial score (nSPS) is 21.3. The van der Waals surface area contributed by atoms with Crippen molar-refractivity contribution in [3.05, 3.63) is 69.0 Å². The molecular weight excluding hydrogens is 575 g/mol. The predicted octanol–water partition coefficient (Wildman–Crippen LogP) is 1.98. The van der Waals surface area contributed by atoms with Gasteiger partial charge in [-0.2, -0.15) is 15.1 Å². The van der Waals surface area contributed by atoms with Crippen LogP contribution in [0, 0.1) is 22.7 Å². The van der Waals surface area contributed by atoms with E-state index in [1.54, 1.807) is 45.9 Å². The largest absolute Gasteiger partial charge is 0.394 e. The van der Waals surface area contributed by atoms with Crippen LogP contribution in [0.2, 0.25) is 0 Å². The molecule has 0 bridgehead atoms. The zero-order valence-corrected chi connectivity index (χ0v) is 24.6. The van der Waals surface area contributed by atoms with Gasteiger partial charge in [0, 0.05) is 17.8 Å². The minimum atomic E-state index is -3.95.